The first-order chi connectivity index (χ1) is 12.6. The van der Waals surface area contributed by atoms with E-state index < -0.39 is 0 Å². The number of amides is 4. The van der Waals surface area contributed by atoms with Gasteiger partial charge in [0, 0.05) is 14.1 Å². The molecule has 4 aliphatic rings. The fraction of sp³-hybridized carbons (Fsp3) is 0.889. The molecule has 0 radical (unpaired) electrons. The molecule has 8 heteroatoms. The van der Waals surface area contributed by atoms with E-state index in [0.717, 1.165) is 26.2 Å². The van der Waals surface area contributed by atoms with E-state index in [1.54, 1.807) is 9.80 Å². The first kappa shape index (κ1) is 17.9. The molecular weight excluding hydrogens is 332 g/mol. The Morgan fingerprint density at radius 1 is 0.654 bits per heavy atom. The molecule has 0 unspecified atom stereocenters. The monoisotopic (exact) mass is 364 g/mol. The summed E-state index contributed by atoms with van der Waals surface area (Å²) in [6, 6.07) is 0.0714. The van der Waals surface area contributed by atoms with Gasteiger partial charge in [-0.05, 0) is 51.9 Å². The van der Waals surface area contributed by atoms with E-state index in [9.17, 15) is 9.59 Å². The van der Waals surface area contributed by atoms with Crippen molar-refractivity contribution in [2.75, 3.05) is 53.6 Å². The molecule has 4 amide bonds. The Labute approximate surface area is 156 Å². The van der Waals surface area contributed by atoms with Crippen LogP contribution in [0.3, 0.4) is 0 Å². The molecule has 0 aromatic heterocycles. The van der Waals surface area contributed by atoms with Crippen LogP contribution in [0.5, 0.6) is 0 Å². The lowest BCUT2D eigenvalue weighted by molar-refractivity contribution is 0.0738. The summed E-state index contributed by atoms with van der Waals surface area (Å²) in [5.41, 5.74) is 0. The Bertz CT molecular complexity index is 502. The maximum Gasteiger partial charge on any atom is 0.325 e. The number of carbonyl (C=O) groups is 2. The standard InChI is InChI=1S/C18H32N6O2/c1-19-15-16(20(2)17(19)25)24(14-22-11-7-4-8-12-22)18(26)23(15)13-21-9-5-3-6-10-21/h15-16H,3-14H2,1-2H3/t15-,16-/m0/s1. The third-order valence-electron chi connectivity index (χ3n) is 6.40. The van der Waals surface area contributed by atoms with Crippen LogP contribution < -0.4 is 0 Å². The lowest BCUT2D eigenvalue weighted by atomic mass is 10.1. The Morgan fingerprint density at radius 3 is 1.42 bits per heavy atom. The summed E-state index contributed by atoms with van der Waals surface area (Å²) in [6.07, 6.45) is 6.96. The number of likely N-dealkylation sites (N-methyl/N-ethyl adjacent to an activating group) is 2. The zero-order valence-electron chi connectivity index (χ0n) is 16.1. The van der Waals surface area contributed by atoms with Crippen molar-refractivity contribution in [1.29, 1.82) is 0 Å². The van der Waals surface area contributed by atoms with Gasteiger partial charge < -0.3 is 9.80 Å². The predicted octanol–water partition coefficient (Wildman–Crippen LogP) is 1.26. The largest absolute Gasteiger partial charge is 0.325 e. The Hall–Kier alpha value is -1.54. The normalized spacial score (nSPS) is 31.3. The van der Waals surface area contributed by atoms with Gasteiger partial charge >= 0.3 is 12.1 Å². The first-order valence-electron chi connectivity index (χ1n) is 10.1. The van der Waals surface area contributed by atoms with E-state index >= 15 is 0 Å². The highest BCUT2D eigenvalue weighted by molar-refractivity contribution is 5.84. The van der Waals surface area contributed by atoms with Gasteiger partial charge in [-0.1, -0.05) is 12.8 Å². The van der Waals surface area contributed by atoms with Gasteiger partial charge in [0.1, 0.15) is 0 Å². The summed E-state index contributed by atoms with van der Waals surface area (Å²) in [5.74, 6) is 0. The van der Waals surface area contributed by atoms with Crippen molar-refractivity contribution in [3.63, 3.8) is 0 Å². The lowest BCUT2D eigenvalue weighted by Gasteiger charge is -2.35. The SMILES string of the molecule is CN1C(=O)N(C)[C@@H]2[C@@H]1N(CN1CCCCC1)C(=O)N2CN1CCCCC1. The molecule has 0 aliphatic carbocycles. The number of urea groups is 2. The van der Waals surface area contributed by atoms with Crippen molar-refractivity contribution in [3.05, 3.63) is 0 Å². The number of piperidine rings is 2. The summed E-state index contributed by atoms with van der Waals surface area (Å²) in [6.45, 7) is 5.42. The van der Waals surface area contributed by atoms with Crippen molar-refractivity contribution >= 4 is 12.1 Å². The van der Waals surface area contributed by atoms with Crippen LogP contribution in [0.15, 0.2) is 0 Å². The smallest absolute Gasteiger partial charge is 0.303 e. The third kappa shape index (κ3) is 3.03. The zero-order valence-corrected chi connectivity index (χ0v) is 16.1. The molecule has 8 nitrogen and oxygen atoms in total. The minimum atomic E-state index is -0.188. The fourth-order valence-corrected chi connectivity index (χ4v) is 4.93. The molecular formula is C18H32N6O2. The van der Waals surface area contributed by atoms with Crippen LogP contribution in [-0.4, -0.2) is 107 Å². The Kier molecular flexibility index (Phi) is 4.96. The van der Waals surface area contributed by atoms with E-state index in [1.807, 2.05) is 23.9 Å². The second kappa shape index (κ2) is 7.23. The van der Waals surface area contributed by atoms with Crippen molar-refractivity contribution < 1.29 is 9.59 Å². The highest BCUT2D eigenvalue weighted by Gasteiger charge is 2.57. The highest BCUT2D eigenvalue weighted by atomic mass is 16.2. The van der Waals surface area contributed by atoms with Crippen molar-refractivity contribution in [3.8, 4) is 0 Å². The van der Waals surface area contributed by atoms with Crippen LogP contribution >= 0.6 is 0 Å². The number of nitrogens with zero attached hydrogens (tertiary/aromatic N) is 6. The van der Waals surface area contributed by atoms with Crippen LogP contribution in [0.4, 0.5) is 9.59 Å². The van der Waals surface area contributed by atoms with Crippen LogP contribution in [-0.2, 0) is 0 Å². The van der Waals surface area contributed by atoms with Gasteiger partial charge in [-0.3, -0.25) is 19.6 Å². The van der Waals surface area contributed by atoms with Crippen molar-refractivity contribution in [2.45, 2.75) is 50.9 Å². The van der Waals surface area contributed by atoms with Gasteiger partial charge in [-0.2, -0.15) is 0 Å². The molecule has 0 spiro atoms. The van der Waals surface area contributed by atoms with Gasteiger partial charge in [-0.15, -0.1) is 0 Å². The first-order valence-corrected chi connectivity index (χ1v) is 10.1. The van der Waals surface area contributed by atoms with Crippen LogP contribution in [0.25, 0.3) is 0 Å². The fourth-order valence-electron chi connectivity index (χ4n) is 4.93. The van der Waals surface area contributed by atoms with E-state index in [0.29, 0.717) is 13.3 Å². The molecule has 0 bridgehead atoms. The molecule has 4 fully saturated rings. The number of fused-ring (bicyclic) bond motifs is 1. The minimum absolute atomic E-state index is 0.000196. The molecule has 0 N–H and O–H groups in total. The summed E-state index contributed by atoms with van der Waals surface area (Å²) < 4.78 is 0. The van der Waals surface area contributed by atoms with Gasteiger partial charge in [0.05, 0.1) is 13.3 Å². The topological polar surface area (TPSA) is 53.6 Å². The maximum absolute atomic E-state index is 13.3. The maximum atomic E-state index is 13.3. The Morgan fingerprint density at radius 2 is 1.04 bits per heavy atom. The average Bonchev–Trinajstić information content (AvgIpc) is 3.05. The molecule has 0 saturated carbocycles. The van der Waals surface area contributed by atoms with Crippen molar-refractivity contribution in [1.82, 2.24) is 29.4 Å². The molecule has 146 valence electrons. The van der Waals surface area contributed by atoms with Crippen molar-refractivity contribution in [2.24, 2.45) is 0 Å². The highest BCUT2D eigenvalue weighted by Crippen LogP contribution is 2.34. The number of hydrogen-bond donors (Lipinski definition) is 0. The number of likely N-dealkylation sites (tertiary alicyclic amines) is 2. The average molecular weight is 364 g/mol. The zero-order chi connectivity index (χ0) is 18.3. The van der Waals surface area contributed by atoms with E-state index in [-0.39, 0.29) is 24.4 Å². The third-order valence-corrected chi connectivity index (χ3v) is 6.40. The van der Waals surface area contributed by atoms with Gasteiger partial charge in [0.15, 0.2) is 12.3 Å². The van der Waals surface area contributed by atoms with Crippen LogP contribution in [0.1, 0.15) is 38.5 Å². The van der Waals surface area contributed by atoms with E-state index in [1.165, 1.54) is 38.5 Å². The molecule has 0 aromatic carbocycles. The number of carbonyl (C=O) groups excluding carboxylic acids is 2. The van der Waals surface area contributed by atoms with Crippen LogP contribution in [0, 0.1) is 0 Å². The van der Waals surface area contributed by atoms with Gasteiger partial charge in [0.2, 0.25) is 0 Å². The molecule has 2 atom stereocenters. The predicted molar refractivity (Wildman–Crippen MR) is 98.2 cm³/mol. The molecule has 4 rings (SSSR count). The van der Waals surface area contributed by atoms with E-state index in [2.05, 4.69) is 9.80 Å². The summed E-state index contributed by atoms with van der Waals surface area (Å²) in [5, 5.41) is 0. The minimum Gasteiger partial charge on any atom is -0.303 e. The van der Waals surface area contributed by atoms with Crippen LogP contribution in [0.2, 0.25) is 0 Å². The molecule has 0 aromatic rings. The Balaban J connectivity index is 1.53. The molecule has 26 heavy (non-hydrogen) atoms. The molecule has 4 aliphatic heterocycles. The number of hydrogen-bond acceptors (Lipinski definition) is 4. The molecule has 4 saturated heterocycles. The summed E-state index contributed by atoms with van der Waals surface area (Å²) in [4.78, 5) is 37.9. The molecule has 4 heterocycles. The summed E-state index contributed by atoms with van der Waals surface area (Å²) >= 11 is 0. The lowest BCUT2D eigenvalue weighted by Crippen LogP contribution is -2.51. The quantitative estimate of drug-likeness (QED) is 0.754. The second-order valence-corrected chi connectivity index (χ2v) is 8.19. The van der Waals surface area contributed by atoms with Gasteiger partial charge in [-0.25, -0.2) is 9.59 Å². The van der Waals surface area contributed by atoms with Gasteiger partial charge in [0.25, 0.3) is 0 Å². The van der Waals surface area contributed by atoms with E-state index in [4.69, 9.17) is 0 Å². The summed E-state index contributed by atoms with van der Waals surface area (Å²) in [7, 11) is 3.65. The number of rotatable bonds is 4. The second-order valence-electron chi connectivity index (χ2n) is 8.19.